The molecule has 0 spiro atoms. The van der Waals surface area contributed by atoms with Crippen LogP contribution >= 0.6 is 24.4 Å². The van der Waals surface area contributed by atoms with Gasteiger partial charge in [-0.25, -0.2) is 0 Å². The predicted octanol–water partition coefficient (Wildman–Crippen LogP) is -0.0405. The van der Waals surface area contributed by atoms with Gasteiger partial charge in [0, 0.05) is 19.0 Å². The van der Waals surface area contributed by atoms with E-state index in [9.17, 15) is 0 Å². The van der Waals surface area contributed by atoms with E-state index in [2.05, 4.69) is 35.3 Å². The Balaban J connectivity index is 1.52. The van der Waals surface area contributed by atoms with Crippen molar-refractivity contribution in [2.45, 2.75) is 45.6 Å². The largest absolute Gasteiger partial charge is 0.370 e. The molecule has 3 atom stereocenters. The van der Waals surface area contributed by atoms with E-state index in [-0.39, 0.29) is 0 Å². The molecule has 144 valence electrons. The average Bonchev–Trinajstić information content (AvgIpc) is 2.62. The van der Waals surface area contributed by atoms with E-state index in [0.29, 0.717) is 22.2 Å². The van der Waals surface area contributed by atoms with Crippen LogP contribution in [0.2, 0.25) is 0 Å². The third-order valence-electron chi connectivity index (χ3n) is 5.51. The molecule has 2 rings (SSSR count). The van der Waals surface area contributed by atoms with Gasteiger partial charge in [-0.1, -0.05) is 26.7 Å². The fourth-order valence-electron chi connectivity index (χ4n) is 3.60. The maximum Gasteiger partial charge on any atom is 0.185 e. The summed E-state index contributed by atoms with van der Waals surface area (Å²) in [5.41, 5.74) is 5.98. The lowest BCUT2D eigenvalue weighted by Gasteiger charge is -2.35. The third-order valence-corrected chi connectivity index (χ3v) is 5.97. The van der Waals surface area contributed by atoms with Crippen LogP contribution in [0.3, 0.4) is 0 Å². The average molecular weight is 389 g/mol. The summed E-state index contributed by atoms with van der Waals surface area (Å²) >= 11 is 10.7. The highest BCUT2D eigenvalue weighted by Crippen LogP contribution is 2.29. The van der Waals surface area contributed by atoms with Crippen molar-refractivity contribution in [3.8, 4) is 0 Å². The van der Waals surface area contributed by atoms with Gasteiger partial charge in [0.2, 0.25) is 0 Å². The summed E-state index contributed by atoms with van der Waals surface area (Å²) in [5, 5.41) is 7.85. The van der Waals surface area contributed by atoms with E-state index in [1.54, 1.807) is 4.90 Å². The number of hydrogen-bond acceptors (Lipinski definition) is 3. The summed E-state index contributed by atoms with van der Waals surface area (Å²) in [7, 11) is 0. The number of quaternary nitrogens is 1. The predicted molar refractivity (Wildman–Crippen MR) is 110 cm³/mol. The van der Waals surface area contributed by atoms with Crippen molar-refractivity contribution < 1.29 is 9.64 Å². The Kier molecular flexibility index (Phi) is 9.16. The first kappa shape index (κ1) is 20.6. The number of rotatable bonds is 5. The van der Waals surface area contributed by atoms with E-state index in [0.717, 1.165) is 51.7 Å². The first-order valence-electron chi connectivity index (χ1n) is 9.58. The molecule has 1 heterocycles. The molecule has 0 aromatic heterocycles. The van der Waals surface area contributed by atoms with Gasteiger partial charge in [-0.05, 0) is 42.7 Å². The molecule has 1 saturated carbocycles. The molecule has 1 aliphatic carbocycles. The first-order chi connectivity index (χ1) is 12.1. The molecule has 0 amide bonds. The van der Waals surface area contributed by atoms with Crippen molar-refractivity contribution in [1.82, 2.24) is 21.5 Å². The summed E-state index contributed by atoms with van der Waals surface area (Å²) < 4.78 is 5.37. The molecule has 0 bridgehead atoms. The molecule has 1 saturated heterocycles. The van der Waals surface area contributed by atoms with Gasteiger partial charge in [0.25, 0.3) is 0 Å². The van der Waals surface area contributed by atoms with Crippen molar-refractivity contribution in [2.24, 2.45) is 11.8 Å². The summed E-state index contributed by atoms with van der Waals surface area (Å²) in [6, 6.07) is 0.448. The van der Waals surface area contributed by atoms with Crippen molar-refractivity contribution in [2.75, 3.05) is 39.4 Å². The molecule has 2 aliphatic rings. The Morgan fingerprint density at radius 3 is 2.56 bits per heavy atom. The van der Waals surface area contributed by atoms with Crippen LogP contribution in [0.25, 0.3) is 0 Å². The molecule has 6 nitrogen and oxygen atoms in total. The number of hydrogen-bond donors (Lipinski definition) is 5. The van der Waals surface area contributed by atoms with E-state index in [1.165, 1.54) is 19.3 Å². The minimum Gasteiger partial charge on any atom is -0.370 e. The van der Waals surface area contributed by atoms with Gasteiger partial charge in [0.05, 0.1) is 19.8 Å². The second-order valence-corrected chi connectivity index (χ2v) is 8.14. The van der Waals surface area contributed by atoms with Gasteiger partial charge in [-0.15, -0.1) is 0 Å². The van der Waals surface area contributed by atoms with Crippen LogP contribution in [-0.4, -0.2) is 55.7 Å². The van der Waals surface area contributed by atoms with Crippen LogP contribution < -0.4 is 26.4 Å². The molecule has 0 aromatic rings. The quantitative estimate of drug-likeness (QED) is 0.257. The molecule has 25 heavy (non-hydrogen) atoms. The van der Waals surface area contributed by atoms with Crippen LogP contribution in [0.4, 0.5) is 0 Å². The standard InChI is InChI=1S/C17H33N5OS2/c1-13-5-3-6-15(14(13)2)19-17(25)21-20-16(24)18-7-4-8-22-9-11-23-12-10-22/h13-15H,3-12H2,1-2H3,(H2,18,20,24)(H2,19,21,25)/p+1/t13-,14+,15+/m0/s1. The van der Waals surface area contributed by atoms with Crippen molar-refractivity contribution in [3.63, 3.8) is 0 Å². The maximum absolute atomic E-state index is 5.38. The van der Waals surface area contributed by atoms with Gasteiger partial charge >= 0.3 is 0 Å². The zero-order chi connectivity index (χ0) is 18.1. The van der Waals surface area contributed by atoms with Crippen molar-refractivity contribution in [3.05, 3.63) is 0 Å². The second kappa shape index (κ2) is 11.1. The van der Waals surface area contributed by atoms with Gasteiger partial charge in [0.15, 0.2) is 10.2 Å². The van der Waals surface area contributed by atoms with Crippen LogP contribution in [0.1, 0.15) is 39.5 Å². The van der Waals surface area contributed by atoms with E-state index >= 15 is 0 Å². The maximum atomic E-state index is 5.38. The highest BCUT2D eigenvalue weighted by molar-refractivity contribution is 7.80. The SMILES string of the molecule is C[C@@H]1[C@@H](C)CCC[C@H]1NC(=S)NNC(=S)NCCC[NH+]1CCOCC1. The summed E-state index contributed by atoms with van der Waals surface area (Å²) in [4.78, 5) is 1.62. The topological polar surface area (TPSA) is 61.8 Å². The van der Waals surface area contributed by atoms with Crippen LogP contribution in [-0.2, 0) is 4.74 Å². The summed E-state index contributed by atoms with van der Waals surface area (Å²) in [6.45, 7) is 10.7. The molecule has 8 heteroatoms. The second-order valence-electron chi connectivity index (χ2n) is 7.32. The zero-order valence-electron chi connectivity index (χ0n) is 15.5. The smallest absolute Gasteiger partial charge is 0.185 e. The lowest BCUT2D eigenvalue weighted by molar-refractivity contribution is -0.908. The molecular weight excluding hydrogens is 354 g/mol. The monoisotopic (exact) mass is 388 g/mol. The Morgan fingerprint density at radius 1 is 1.08 bits per heavy atom. The fraction of sp³-hybridized carbons (Fsp3) is 0.882. The van der Waals surface area contributed by atoms with Gasteiger partial charge < -0.3 is 20.3 Å². The number of hydrazine groups is 1. The summed E-state index contributed by atoms with van der Waals surface area (Å²) in [5.74, 6) is 1.39. The molecular formula is C17H34N5OS2+. The summed E-state index contributed by atoms with van der Waals surface area (Å²) in [6.07, 6.45) is 4.86. The minimum atomic E-state index is 0.448. The number of ether oxygens (including phenoxy) is 1. The zero-order valence-corrected chi connectivity index (χ0v) is 17.2. The normalized spacial score (nSPS) is 27.4. The Morgan fingerprint density at radius 2 is 1.80 bits per heavy atom. The fourth-order valence-corrected chi connectivity index (χ4v) is 3.95. The van der Waals surface area contributed by atoms with Crippen LogP contribution in [0, 0.1) is 11.8 Å². The Hall–Kier alpha value is -0.700. The Bertz CT molecular complexity index is 431. The molecule has 0 unspecified atom stereocenters. The molecule has 0 aromatic carbocycles. The van der Waals surface area contributed by atoms with Crippen molar-refractivity contribution in [1.29, 1.82) is 0 Å². The minimum absolute atomic E-state index is 0.448. The van der Waals surface area contributed by atoms with Gasteiger partial charge in [0.1, 0.15) is 13.1 Å². The van der Waals surface area contributed by atoms with Crippen LogP contribution in [0.15, 0.2) is 0 Å². The lowest BCUT2D eigenvalue weighted by atomic mass is 9.78. The first-order valence-corrected chi connectivity index (χ1v) is 10.4. The molecule has 5 N–H and O–H groups in total. The number of thiocarbonyl (C=S) groups is 2. The van der Waals surface area contributed by atoms with Gasteiger partial charge in [-0.3, -0.25) is 10.9 Å². The molecule has 0 radical (unpaired) electrons. The lowest BCUT2D eigenvalue weighted by Crippen LogP contribution is -3.14. The van der Waals surface area contributed by atoms with Gasteiger partial charge in [-0.2, -0.15) is 0 Å². The molecule has 1 aliphatic heterocycles. The highest BCUT2D eigenvalue weighted by atomic mass is 32.1. The number of nitrogens with one attached hydrogen (secondary N) is 5. The Labute approximate surface area is 162 Å². The van der Waals surface area contributed by atoms with E-state index in [1.807, 2.05) is 0 Å². The van der Waals surface area contributed by atoms with E-state index in [4.69, 9.17) is 29.2 Å². The van der Waals surface area contributed by atoms with E-state index < -0.39 is 0 Å². The highest BCUT2D eigenvalue weighted by Gasteiger charge is 2.27. The molecule has 2 fully saturated rings. The van der Waals surface area contributed by atoms with Crippen molar-refractivity contribution >= 4 is 34.7 Å². The number of morpholine rings is 1. The third kappa shape index (κ3) is 7.60. The van der Waals surface area contributed by atoms with Crippen LogP contribution in [0.5, 0.6) is 0 Å².